The second kappa shape index (κ2) is 13.2. The fourth-order valence-electron chi connectivity index (χ4n) is 3.02. The van der Waals surface area contributed by atoms with Crippen LogP contribution in [0.4, 0.5) is 23.2 Å². The van der Waals surface area contributed by atoms with Gasteiger partial charge in [0.25, 0.3) is 0 Å². The number of hydrogen-bond donors (Lipinski definition) is 4. The summed E-state index contributed by atoms with van der Waals surface area (Å²) in [4.78, 5) is 60.8. The largest absolute Gasteiger partial charge is 0.508 e. The molecule has 2 aromatic rings. The van der Waals surface area contributed by atoms with Crippen LogP contribution in [0, 0.1) is 29.2 Å². The molecule has 0 aliphatic rings. The van der Waals surface area contributed by atoms with Crippen molar-refractivity contribution in [3.8, 4) is 11.5 Å². The number of hydrogen-bond acceptors (Lipinski definition) is 7. The van der Waals surface area contributed by atoms with Gasteiger partial charge in [-0.15, -0.1) is 0 Å². The average Bonchev–Trinajstić information content (AvgIpc) is 2.86. The van der Waals surface area contributed by atoms with E-state index in [2.05, 4.69) is 20.7 Å². The van der Waals surface area contributed by atoms with E-state index in [-0.39, 0.29) is 23.8 Å². The van der Waals surface area contributed by atoms with Gasteiger partial charge < -0.3 is 30.6 Å². The molecule has 2 aromatic carbocycles. The first-order valence-corrected chi connectivity index (χ1v) is 11.0. The minimum Gasteiger partial charge on any atom is -0.508 e. The molecule has 0 aromatic heterocycles. The summed E-state index contributed by atoms with van der Waals surface area (Å²) in [5.41, 5.74) is 0.177. The zero-order valence-electron chi connectivity index (χ0n) is 20.0. The van der Waals surface area contributed by atoms with Crippen LogP contribution in [0.1, 0.15) is 20.3 Å². The Hall–Kier alpha value is -4.49. The van der Waals surface area contributed by atoms with E-state index in [1.165, 1.54) is 38.1 Å². The molecule has 2 rings (SSSR count). The van der Waals surface area contributed by atoms with Crippen LogP contribution in [0.2, 0.25) is 0 Å². The predicted molar refractivity (Wildman–Crippen MR) is 123 cm³/mol. The Balaban J connectivity index is 2.07. The van der Waals surface area contributed by atoms with Crippen LogP contribution >= 0.6 is 0 Å². The van der Waals surface area contributed by atoms with E-state index in [1.807, 2.05) is 0 Å². The number of phenols is 1. The lowest BCUT2D eigenvalue weighted by Gasteiger charge is -2.24. The molecule has 0 bridgehead atoms. The molecule has 204 valence electrons. The highest BCUT2D eigenvalue weighted by Gasteiger charge is 2.31. The lowest BCUT2D eigenvalue weighted by Crippen LogP contribution is -2.55. The lowest BCUT2D eigenvalue weighted by atomic mass is 10.0. The van der Waals surface area contributed by atoms with Gasteiger partial charge in [0.05, 0.1) is 6.04 Å². The number of rotatable bonds is 11. The van der Waals surface area contributed by atoms with Crippen LogP contribution in [-0.4, -0.2) is 53.6 Å². The Labute approximate surface area is 213 Å². The van der Waals surface area contributed by atoms with Crippen molar-refractivity contribution in [1.29, 1.82) is 0 Å². The second-order valence-electron chi connectivity index (χ2n) is 8.21. The molecular formula is C24H23F4N3O7. The van der Waals surface area contributed by atoms with Crippen LogP contribution in [-0.2, 0) is 24.0 Å². The third kappa shape index (κ3) is 7.75. The van der Waals surface area contributed by atoms with E-state index >= 15 is 0 Å². The van der Waals surface area contributed by atoms with Crippen LogP contribution in [0.3, 0.4) is 0 Å². The molecule has 1 unspecified atom stereocenters. The number of amides is 3. The van der Waals surface area contributed by atoms with Crippen molar-refractivity contribution in [1.82, 2.24) is 10.6 Å². The summed E-state index contributed by atoms with van der Waals surface area (Å²) in [6.45, 7) is 1.83. The molecular weight excluding hydrogens is 518 g/mol. The summed E-state index contributed by atoms with van der Waals surface area (Å²) in [5, 5.41) is 15.9. The summed E-state index contributed by atoms with van der Waals surface area (Å²) < 4.78 is 58.8. The molecule has 2 atom stereocenters. The van der Waals surface area contributed by atoms with Gasteiger partial charge in [-0.25, -0.2) is 8.78 Å². The minimum absolute atomic E-state index is 0.0555. The quantitative estimate of drug-likeness (QED) is 0.111. The van der Waals surface area contributed by atoms with Gasteiger partial charge in [0.15, 0.2) is 23.2 Å². The van der Waals surface area contributed by atoms with Crippen molar-refractivity contribution in [2.45, 2.75) is 32.4 Å². The van der Waals surface area contributed by atoms with Crippen LogP contribution in [0.5, 0.6) is 11.5 Å². The number of aromatic hydroxyl groups is 1. The van der Waals surface area contributed by atoms with Crippen molar-refractivity contribution >= 4 is 35.5 Å². The maximum Gasteiger partial charge on any atom is 0.313 e. The third-order valence-electron chi connectivity index (χ3n) is 5.03. The zero-order valence-corrected chi connectivity index (χ0v) is 20.0. The molecule has 38 heavy (non-hydrogen) atoms. The number of halogens is 4. The van der Waals surface area contributed by atoms with Gasteiger partial charge >= 0.3 is 11.8 Å². The molecule has 3 amide bonds. The monoisotopic (exact) mass is 541 g/mol. The van der Waals surface area contributed by atoms with Crippen molar-refractivity contribution < 1.29 is 51.4 Å². The van der Waals surface area contributed by atoms with E-state index in [0.29, 0.717) is 0 Å². The van der Waals surface area contributed by atoms with E-state index in [9.17, 15) is 46.6 Å². The summed E-state index contributed by atoms with van der Waals surface area (Å²) in [5.74, 6) is -14.0. The Morgan fingerprint density at radius 3 is 2.05 bits per heavy atom. The first kappa shape index (κ1) is 29.7. The Morgan fingerprint density at radius 1 is 0.947 bits per heavy atom. The molecule has 10 nitrogen and oxygen atoms in total. The predicted octanol–water partition coefficient (Wildman–Crippen LogP) is 1.75. The number of carbonyl (C=O) groups excluding carboxylic acids is 5. The summed E-state index contributed by atoms with van der Waals surface area (Å²) >= 11 is 0. The summed E-state index contributed by atoms with van der Waals surface area (Å²) in [6, 6.07) is 2.14. The average molecular weight is 541 g/mol. The maximum atomic E-state index is 13.8. The first-order chi connectivity index (χ1) is 17.8. The number of ketones is 1. The van der Waals surface area contributed by atoms with Gasteiger partial charge in [-0.3, -0.25) is 19.2 Å². The highest BCUT2D eigenvalue weighted by atomic mass is 19.2. The van der Waals surface area contributed by atoms with E-state index < -0.39 is 83.6 Å². The van der Waals surface area contributed by atoms with Gasteiger partial charge in [-0.2, -0.15) is 8.78 Å². The summed E-state index contributed by atoms with van der Waals surface area (Å²) in [6.07, 6.45) is -0.365. The number of benzene rings is 2. The van der Waals surface area contributed by atoms with Gasteiger partial charge in [0.1, 0.15) is 24.7 Å². The molecule has 0 spiro atoms. The molecule has 0 fully saturated rings. The lowest BCUT2D eigenvalue weighted by molar-refractivity contribution is -0.139. The van der Waals surface area contributed by atoms with Crippen LogP contribution in [0.15, 0.2) is 30.3 Å². The standard InChI is InChI=1S/C24H23F4N3O7/c1-11(2)20(31-24(37)23(36)29-12-3-5-13(33)6-4-12)22(35)30-16(7-8-32)17(34)10-38-21-18(27)14(25)9-15(26)19(21)28/h3-6,8-9,11,16,20,33H,7,10H2,1-2H3,(H,29,36)(H,30,35)(H,31,37)/t16?,20-/m0/s1. The number of anilines is 1. The van der Waals surface area contributed by atoms with Gasteiger partial charge in [-0.1, -0.05) is 13.8 Å². The Bertz CT molecular complexity index is 1200. The zero-order chi connectivity index (χ0) is 28.6. The van der Waals surface area contributed by atoms with Crippen molar-refractivity contribution in [2.24, 2.45) is 5.92 Å². The molecule has 14 heteroatoms. The number of ether oxygens (including phenoxy) is 1. The summed E-state index contributed by atoms with van der Waals surface area (Å²) in [7, 11) is 0. The number of carbonyl (C=O) groups is 5. The normalized spacial score (nSPS) is 12.3. The molecule has 4 N–H and O–H groups in total. The van der Waals surface area contributed by atoms with Gasteiger partial charge in [-0.05, 0) is 30.2 Å². The smallest absolute Gasteiger partial charge is 0.313 e. The van der Waals surface area contributed by atoms with Crippen LogP contribution < -0.4 is 20.7 Å². The highest BCUT2D eigenvalue weighted by molar-refractivity contribution is 6.40. The molecule has 0 heterocycles. The Kier molecular flexibility index (Phi) is 10.3. The second-order valence-corrected chi connectivity index (χ2v) is 8.21. The first-order valence-electron chi connectivity index (χ1n) is 11.0. The Morgan fingerprint density at radius 2 is 1.53 bits per heavy atom. The fourth-order valence-corrected chi connectivity index (χ4v) is 3.02. The molecule has 0 saturated heterocycles. The molecule has 0 aliphatic heterocycles. The number of nitrogens with one attached hydrogen (secondary N) is 3. The van der Waals surface area contributed by atoms with Crippen molar-refractivity contribution in [3.63, 3.8) is 0 Å². The van der Waals surface area contributed by atoms with E-state index in [1.54, 1.807) is 0 Å². The molecule has 0 saturated carbocycles. The van der Waals surface area contributed by atoms with E-state index in [0.717, 1.165) is 0 Å². The maximum absolute atomic E-state index is 13.8. The number of Topliss-reactive ketones (excluding diaryl/α,β-unsaturated/α-hetero) is 1. The highest BCUT2D eigenvalue weighted by Crippen LogP contribution is 2.26. The minimum atomic E-state index is -1.89. The fraction of sp³-hybridized carbons (Fsp3) is 0.292. The van der Waals surface area contributed by atoms with Crippen molar-refractivity contribution in [3.05, 3.63) is 53.6 Å². The molecule has 0 radical (unpaired) electrons. The van der Waals surface area contributed by atoms with Crippen LogP contribution in [0.25, 0.3) is 0 Å². The molecule has 0 aliphatic carbocycles. The van der Waals surface area contributed by atoms with Gasteiger partial charge in [0, 0.05) is 18.2 Å². The SMILES string of the molecule is CC(C)[C@H](NC(=O)C(=O)Nc1ccc(O)cc1)C(=O)NC(CC=O)C(=O)COc1c(F)c(F)cc(F)c1F. The van der Waals surface area contributed by atoms with E-state index in [4.69, 9.17) is 0 Å². The number of phenolic OH excluding ortho intramolecular Hbond substituents is 1. The topological polar surface area (TPSA) is 151 Å². The van der Waals surface area contributed by atoms with Gasteiger partial charge in [0.2, 0.25) is 17.5 Å². The number of aldehydes is 1. The third-order valence-corrected chi connectivity index (χ3v) is 5.03. The van der Waals surface area contributed by atoms with Crippen molar-refractivity contribution in [2.75, 3.05) is 11.9 Å².